The number of nitrogens with one attached hydrogen (secondary N) is 1. The van der Waals surface area contributed by atoms with Gasteiger partial charge in [-0.05, 0) is 11.6 Å². The van der Waals surface area contributed by atoms with Crippen LogP contribution in [0.3, 0.4) is 0 Å². The highest BCUT2D eigenvalue weighted by Gasteiger charge is 2.20. The highest BCUT2D eigenvalue weighted by molar-refractivity contribution is 5.91. The first-order valence-corrected chi connectivity index (χ1v) is 7.77. The molecule has 3 aromatic rings. The molecule has 0 amide bonds. The van der Waals surface area contributed by atoms with Gasteiger partial charge in [0.15, 0.2) is 5.43 Å². The fraction of sp³-hybridized carbons (Fsp3) is 0.211. The first-order chi connectivity index (χ1) is 11.3. The fourth-order valence-electron chi connectivity index (χ4n) is 2.95. The fourth-order valence-corrected chi connectivity index (χ4v) is 2.95. The lowest BCUT2D eigenvalue weighted by atomic mass is 10.0. The van der Waals surface area contributed by atoms with E-state index in [-0.39, 0.29) is 11.5 Å². The van der Waals surface area contributed by atoms with Gasteiger partial charge in [0, 0.05) is 24.7 Å². The van der Waals surface area contributed by atoms with Crippen LogP contribution in [0, 0.1) is 0 Å². The minimum Gasteiger partial charge on any atom is -0.457 e. The van der Waals surface area contributed by atoms with Crippen molar-refractivity contribution in [3.05, 3.63) is 70.6 Å². The average molecular weight is 307 g/mol. The summed E-state index contributed by atoms with van der Waals surface area (Å²) in [5.41, 5.74) is 2.54. The van der Waals surface area contributed by atoms with Crippen LogP contribution in [0.2, 0.25) is 0 Å². The maximum Gasteiger partial charge on any atom is 0.193 e. The number of hydrogen-bond donors (Lipinski definition) is 1. The molecule has 1 saturated heterocycles. The summed E-state index contributed by atoms with van der Waals surface area (Å²) in [6.07, 6.45) is -0.218. The molecular weight excluding hydrogens is 290 g/mol. The van der Waals surface area contributed by atoms with Crippen molar-refractivity contribution in [1.82, 2.24) is 5.32 Å². The number of para-hydroxylation sites is 1. The van der Waals surface area contributed by atoms with Crippen LogP contribution in [0.4, 0.5) is 0 Å². The van der Waals surface area contributed by atoms with Gasteiger partial charge in [0.25, 0.3) is 0 Å². The molecule has 4 nitrogen and oxygen atoms in total. The van der Waals surface area contributed by atoms with E-state index in [0.717, 1.165) is 17.7 Å². The number of fused-ring (bicyclic) bond motifs is 1. The molecule has 1 fully saturated rings. The molecule has 1 unspecified atom stereocenters. The topological polar surface area (TPSA) is 51.5 Å². The Balaban J connectivity index is 1.91. The van der Waals surface area contributed by atoms with Crippen LogP contribution in [-0.4, -0.2) is 19.7 Å². The summed E-state index contributed by atoms with van der Waals surface area (Å²) < 4.78 is 11.8. The lowest BCUT2D eigenvalue weighted by molar-refractivity contribution is 0.0145. The molecule has 4 rings (SSSR count). The van der Waals surface area contributed by atoms with Gasteiger partial charge < -0.3 is 14.5 Å². The van der Waals surface area contributed by atoms with Gasteiger partial charge in [-0.3, -0.25) is 4.79 Å². The van der Waals surface area contributed by atoms with Crippen molar-refractivity contribution in [2.75, 3.05) is 19.7 Å². The molecule has 1 aliphatic heterocycles. The van der Waals surface area contributed by atoms with Crippen molar-refractivity contribution in [3.63, 3.8) is 0 Å². The second-order valence-corrected chi connectivity index (χ2v) is 5.62. The third-order valence-corrected chi connectivity index (χ3v) is 4.10. The Labute approximate surface area is 133 Å². The first kappa shape index (κ1) is 14.2. The molecule has 1 N–H and O–H groups in total. The maximum atomic E-state index is 12.5. The van der Waals surface area contributed by atoms with E-state index in [2.05, 4.69) is 5.32 Å². The van der Waals surface area contributed by atoms with Crippen LogP contribution in [0.1, 0.15) is 11.9 Å². The molecule has 2 heterocycles. The molecule has 0 spiro atoms. The minimum absolute atomic E-state index is 0.0341. The summed E-state index contributed by atoms with van der Waals surface area (Å²) in [4.78, 5) is 12.5. The quantitative estimate of drug-likeness (QED) is 0.790. The van der Waals surface area contributed by atoms with Crippen LogP contribution in [0.5, 0.6) is 0 Å². The third kappa shape index (κ3) is 2.67. The van der Waals surface area contributed by atoms with Crippen LogP contribution >= 0.6 is 0 Å². The smallest absolute Gasteiger partial charge is 0.193 e. The zero-order valence-corrected chi connectivity index (χ0v) is 12.6. The standard InChI is InChI=1S/C19H17NO3/c21-16-11-17(18-12-20-9-10-22-18)23-19-14(7-4-8-15(16)19)13-5-2-1-3-6-13/h1-8,11,18,20H,9-10,12H2. The van der Waals surface area contributed by atoms with E-state index in [9.17, 15) is 4.79 Å². The summed E-state index contributed by atoms with van der Waals surface area (Å²) >= 11 is 0. The van der Waals surface area contributed by atoms with Crippen LogP contribution in [0.25, 0.3) is 22.1 Å². The molecule has 23 heavy (non-hydrogen) atoms. The Kier molecular flexibility index (Phi) is 3.69. The van der Waals surface area contributed by atoms with Crippen molar-refractivity contribution < 1.29 is 9.15 Å². The van der Waals surface area contributed by atoms with Gasteiger partial charge in [-0.15, -0.1) is 0 Å². The van der Waals surface area contributed by atoms with E-state index in [4.69, 9.17) is 9.15 Å². The highest BCUT2D eigenvalue weighted by atomic mass is 16.5. The van der Waals surface area contributed by atoms with E-state index in [1.54, 1.807) is 12.1 Å². The Morgan fingerprint density at radius 1 is 1.04 bits per heavy atom. The number of benzene rings is 2. The third-order valence-electron chi connectivity index (χ3n) is 4.10. The predicted octanol–water partition coefficient (Wildman–Crippen LogP) is 3.12. The monoisotopic (exact) mass is 307 g/mol. The second-order valence-electron chi connectivity index (χ2n) is 5.62. The van der Waals surface area contributed by atoms with Crippen molar-refractivity contribution >= 4 is 11.0 Å². The average Bonchev–Trinajstić information content (AvgIpc) is 2.63. The summed E-state index contributed by atoms with van der Waals surface area (Å²) in [6, 6.07) is 17.2. The molecule has 4 heteroatoms. The summed E-state index contributed by atoms with van der Waals surface area (Å²) in [5, 5.41) is 3.86. The van der Waals surface area contributed by atoms with E-state index in [1.165, 1.54) is 0 Å². The molecule has 1 aliphatic rings. The predicted molar refractivity (Wildman–Crippen MR) is 89.5 cm³/mol. The molecule has 1 atom stereocenters. The summed E-state index contributed by atoms with van der Waals surface area (Å²) in [7, 11) is 0. The Morgan fingerprint density at radius 3 is 2.70 bits per heavy atom. The lowest BCUT2D eigenvalue weighted by Crippen LogP contribution is -2.33. The molecule has 2 aromatic carbocycles. The minimum atomic E-state index is -0.218. The van der Waals surface area contributed by atoms with Crippen molar-refractivity contribution in [3.8, 4) is 11.1 Å². The van der Waals surface area contributed by atoms with Gasteiger partial charge in [-0.2, -0.15) is 0 Å². The first-order valence-electron chi connectivity index (χ1n) is 7.77. The van der Waals surface area contributed by atoms with Crippen molar-refractivity contribution in [2.45, 2.75) is 6.10 Å². The zero-order valence-electron chi connectivity index (χ0n) is 12.6. The van der Waals surface area contributed by atoms with Gasteiger partial charge in [0.2, 0.25) is 0 Å². The molecule has 116 valence electrons. The zero-order chi connectivity index (χ0) is 15.6. The van der Waals surface area contributed by atoms with E-state index >= 15 is 0 Å². The second kappa shape index (κ2) is 5.99. The van der Waals surface area contributed by atoms with Crippen LogP contribution in [-0.2, 0) is 4.74 Å². The number of hydrogen-bond acceptors (Lipinski definition) is 4. The Bertz CT molecular complexity index is 880. The number of rotatable bonds is 2. The van der Waals surface area contributed by atoms with Gasteiger partial charge in [-0.25, -0.2) is 0 Å². The Morgan fingerprint density at radius 2 is 1.91 bits per heavy atom. The van der Waals surface area contributed by atoms with Crippen molar-refractivity contribution in [2.24, 2.45) is 0 Å². The Hall–Kier alpha value is -2.43. The SMILES string of the molecule is O=c1cc(C2CNCCO2)oc2c(-c3ccccc3)cccc12. The van der Waals surface area contributed by atoms with Crippen LogP contribution < -0.4 is 10.7 Å². The van der Waals surface area contributed by atoms with Gasteiger partial charge in [0.05, 0.1) is 12.0 Å². The highest BCUT2D eigenvalue weighted by Crippen LogP contribution is 2.29. The molecular formula is C19H17NO3. The van der Waals surface area contributed by atoms with Gasteiger partial charge >= 0.3 is 0 Å². The van der Waals surface area contributed by atoms with E-state index in [0.29, 0.717) is 29.9 Å². The van der Waals surface area contributed by atoms with E-state index in [1.807, 2.05) is 42.5 Å². The largest absolute Gasteiger partial charge is 0.457 e. The normalized spacial score (nSPS) is 18.2. The summed E-state index contributed by atoms with van der Waals surface area (Å²) in [5.74, 6) is 0.582. The van der Waals surface area contributed by atoms with Gasteiger partial charge in [0.1, 0.15) is 17.4 Å². The van der Waals surface area contributed by atoms with E-state index < -0.39 is 0 Å². The molecule has 0 bridgehead atoms. The number of ether oxygens (including phenoxy) is 1. The number of morpholine rings is 1. The lowest BCUT2D eigenvalue weighted by Gasteiger charge is -2.23. The molecule has 0 radical (unpaired) electrons. The molecule has 0 saturated carbocycles. The maximum absolute atomic E-state index is 12.5. The van der Waals surface area contributed by atoms with Crippen molar-refractivity contribution in [1.29, 1.82) is 0 Å². The molecule has 1 aromatic heterocycles. The molecule has 0 aliphatic carbocycles. The van der Waals surface area contributed by atoms with Crippen LogP contribution in [0.15, 0.2) is 63.8 Å². The van der Waals surface area contributed by atoms with Gasteiger partial charge in [-0.1, -0.05) is 42.5 Å². The summed E-state index contributed by atoms with van der Waals surface area (Å²) in [6.45, 7) is 2.10.